The molecule has 0 radical (unpaired) electrons. The van der Waals surface area contributed by atoms with Gasteiger partial charge in [0.2, 0.25) is 0 Å². The fourth-order valence-corrected chi connectivity index (χ4v) is 2.96. The zero-order valence-electron chi connectivity index (χ0n) is 32.8. The van der Waals surface area contributed by atoms with Crippen LogP contribution >= 0.6 is 0 Å². The van der Waals surface area contributed by atoms with Crippen LogP contribution in [-0.2, 0) is 11.8 Å². The molecule has 0 bridgehead atoms. The average molecular weight is 468 g/mol. The first kappa shape index (κ1) is 13.1. The zero-order valence-corrected chi connectivity index (χ0v) is 19.8. The fourth-order valence-electron chi connectivity index (χ4n) is 2.96. The smallest absolute Gasteiger partial charge is 0.161 e. The largest absolute Gasteiger partial charge is 0.493 e. The van der Waals surface area contributed by atoms with Gasteiger partial charge in [-0.2, -0.15) is 5.26 Å². The topological polar surface area (TPSA) is 64.0 Å². The van der Waals surface area contributed by atoms with Crippen molar-refractivity contribution in [3.05, 3.63) is 47.5 Å². The number of nitriles is 1. The Morgan fingerprint density at radius 3 is 2.24 bits per heavy atom. The molecule has 0 aliphatic carbocycles. The summed E-state index contributed by atoms with van der Waals surface area (Å²) in [7, 11) is 5.55. The molecule has 0 aliphatic heterocycles. The number of ether oxygens (including phenoxy) is 4. The van der Waals surface area contributed by atoms with Gasteiger partial charge in [-0.25, -0.2) is 0 Å². The van der Waals surface area contributed by atoms with E-state index in [1.807, 2.05) is 6.07 Å². The Bertz CT molecular complexity index is 1500. The summed E-state index contributed by atoms with van der Waals surface area (Å²) in [5.74, 6) is -1.57. The minimum atomic E-state index is -3.77. The van der Waals surface area contributed by atoms with E-state index >= 15 is 0 Å². The first-order valence-corrected chi connectivity index (χ1v) is 10.00. The van der Waals surface area contributed by atoms with Crippen molar-refractivity contribution in [1.29, 1.82) is 5.26 Å². The van der Waals surface area contributed by atoms with E-state index < -0.39 is 72.9 Å². The first-order valence-electron chi connectivity index (χ1n) is 16.5. The molecule has 0 spiro atoms. The number of rotatable bonds is 13. The number of nitrogens with zero attached hydrogens (tertiary/aromatic N) is 2. The molecular weight excluding hydrogens is 416 g/mol. The lowest BCUT2D eigenvalue weighted by molar-refractivity contribution is 0.292. The van der Waals surface area contributed by atoms with Gasteiger partial charge in [0, 0.05) is 20.2 Å². The molecule has 1 unspecified atom stereocenters. The lowest BCUT2D eigenvalue weighted by Gasteiger charge is -2.32. The van der Waals surface area contributed by atoms with Gasteiger partial charge in [0.1, 0.15) is 0 Å². The molecule has 0 N–H and O–H groups in total. The van der Waals surface area contributed by atoms with E-state index in [0.717, 1.165) is 14.2 Å². The second kappa shape index (κ2) is 12.4. The minimum Gasteiger partial charge on any atom is -0.493 e. The Labute approximate surface area is 217 Å². The van der Waals surface area contributed by atoms with Crippen molar-refractivity contribution in [2.45, 2.75) is 38.4 Å². The van der Waals surface area contributed by atoms with Gasteiger partial charge < -0.3 is 23.8 Å². The molecule has 0 saturated carbocycles. The van der Waals surface area contributed by atoms with Crippen molar-refractivity contribution in [3.63, 3.8) is 0 Å². The van der Waals surface area contributed by atoms with Gasteiger partial charge in [0.15, 0.2) is 23.0 Å². The van der Waals surface area contributed by atoms with Crippen molar-refractivity contribution < 1.29 is 36.8 Å². The molecular formula is C27H38N2O4. The quantitative estimate of drug-likeness (QED) is 0.409. The van der Waals surface area contributed by atoms with Crippen LogP contribution in [0.5, 0.6) is 23.0 Å². The Morgan fingerprint density at radius 2 is 1.67 bits per heavy atom. The molecule has 0 aromatic heterocycles. The van der Waals surface area contributed by atoms with Gasteiger partial charge in [-0.1, -0.05) is 26.0 Å². The maximum atomic E-state index is 10.5. The van der Waals surface area contributed by atoms with Crippen molar-refractivity contribution in [3.8, 4) is 29.1 Å². The monoisotopic (exact) mass is 467 g/mol. The number of benzene rings is 2. The number of methoxy groups -OCH3 is 4. The predicted octanol–water partition coefficient (Wildman–Crippen LogP) is 5.09. The van der Waals surface area contributed by atoms with Gasteiger partial charge in [-0.3, -0.25) is 0 Å². The highest BCUT2D eigenvalue weighted by molar-refractivity contribution is 5.47. The summed E-state index contributed by atoms with van der Waals surface area (Å²) in [4.78, 5) is -0.00585. The van der Waals surface area contributed by atoms with Crippen LogP contribution < -0.4 is 18.9 Å². The molecule has 33 heavy (non-hydrogen) atoms. The summed E-state index contributed by atoms with van der Waals surface area (Å²) < 4.78 is 134. The molecule has 6 heteroatoms. The van der Waals surface area contributed by atoms with Gasteiger partial charge in [-0.05, 0) is 73.9 Å². The van der Waals surface area contributed by atoms with Crippen molar-refractivity contribution in [2.24, 2.45) is 5.92 Å². The summed E-state index contributed by atoms with van der Waals surface area (Å²) in [6, 6.07) is 3.26. The number of hydrogen-bond acceptors (Lipinski definition) is 6. The van der Waals surface area contributed by atoms with Gasteiger partial charge in [0.05, 0.1) is 44.0 Å². The average Bonchev–Trinajstić information content (AvgIpc) is 2.97. The Morgan fingerprint density at radius 1 is 1.00 bits per heavy atom. The van der Waals surface area contributed by atoms with Gasteiger partial charge in [0.25, 0.3) is 0 Å². The molecule has 2 aromatic carbocycles. The number of hydrogen-bond donors (Lipinski definition) is 0. The van der Waals surface area contributed by atoms with E-state index in [-0.39, 0.29) is 27.7 Å². The molecule has 6 nitrogen and oxygen atoms in total. The summed E-state index contributed by atoms with van der Waals surface area (Å²) in [6.45, 7) is -4.46. The van der Waals surface area contributed by atoms with E-state index in [2.05, 4.69) is 0 Å². The van der Waals surface area contributed by atoms with Crippen LogP contribution in [0.1, 0.15) is 55.5 Å². The second-order valence-corrected chi connectivity index (χ2v) is 7.12. The Balaban J connectivity index is 2.86. The lowest BCUT2D eigenvalue weighted by Crippen LogP contribution is -2.32. The highest BCUT2D eigenvalue weighted by Gasteiger charge is 2.36. The maximum absolute atomic E-state index is 10.5. The van der Waals surface area contributed by atoms with Crippen LogP contribution in [0.25, 0.3) is 0 Å². The van der Waals surface area contributed by atoms with Crippen LogP contribution in [0.15, 0.2) is 36.3 Å². The summed E-state index contributed by atoms with van der Waals surface area (Å²) in [6.07, 6.45) is -10.7. The number of likely N-dealkylation sites (N-methyl/N-ethyl adjacent to an activating group) is 1. The summed E-state index contributed by atoms with van der Waals surface area (Å²) in [5.41, 5.74) is -3.52. The third kappa shape index (κ3) is 6.33. The lowest BCUT2D eigenvalue weighted by atomic mass is 9.69. The van der Waals surface area contributed by atoms with Gasteiger partial charge in [-0.15, -0.1) is 0 Å². The van der Waals surface area contributed by atoms with Crippen LogP contribution in [0.2, 0.25) is 0 Å². The zero-order chi connectivity index (χ0) is 36.0. The van der Waals surface area contributed by atoms with Crippen LogP contribution in [-0.4, -0.2) is 53.4 Å². The SMILES string of the molecule is [2H]c1c([2H])c(C([2H])([2H])C([2H])([2H])N(C)C([2H])([2H])C([2H])([2H])C([2H])([2H])C(C#N)(c2ccc(OC)c(OC)c2)C(C)C)c([2H])c(OC)c1OC. The molecule has 2 aromatic rings. The summed E-state index contributed by atoms with van der Waals surface area (Å²) in [5, 5.41) is 10.5. The van der Waals surface area contributed by atoms with Crippen molar-refractivity contribution in [2.75, 3.05) is 48.5 Å². The molecule has 2 rings (SSSR count). The normalized spacial score (nSPS) is 20.8. The van der Waals surface area contributed by atoms with Crippen LogP contribution in [0.3, 0.4) is 0 Å². The second-order valence-electron chi connectivity index (χ2n) is 7.12. The molecule has 0 amide bonds. The molecule has 0 fully saturated rings. The van der Waals surface area contributed by atoms with E-state index in [9.17, 15) is 5.26 Å². The third-order valence-corrected chi connectivity index (χ3v) is 4.87. The molecule has 1 atom stereocenters. The fraction of sp³-hybridized carbons (Fsp3) is 0.519. The molecule has 0 aliphatic rings. The van der Waals surface area contributed by atoms with E-state index in [1.165, 1.54) is 46.3 Å². The van der Waals surface area contributed by atoms with Crippen molar-refractivity contribution >= 4 is 0 Å². The third-order valence-electron chi connectivity index (χ3n) is 4.87. The highest BCUT2D eigenvalue weighted by Crippen LogP contribution is 2.40. The molecule has 0 saturated heterocycles. The predicted molar refractivity (Wildman–Crippen MR) is 132 cm³/mol. The van der Waals surface area contributed by atoms with Crippen molar-refractivity contribution in [1.82, 2.24) is 4.90 Å². The summed E-state index contributed by atoms with van der Waals surface area (Å²) >= 11 is 0. The highest BCUT2D eigenvalue weighted by atomic mass is 16.5. The molecule has 180 valence electrons. The standard InChI is InChI=1S/C27H38N2O4/c1-20(2)27(19-28,22-10-12-24(31-5)26(18-22)33-7)14-8-15-29(3)16-13-21-9-11-23(30-4)25(17-21)32-6/h9-12,17-18,20H,8,13-16H2,1-7H3/i8D2,9D,11D,13D2,14D2,15D2,16D2,17D. The van der Waals surface area contributed by atoms with Crippen LogP contribution in [0.4, 0.5) is 0 Å². The van der Waals surface area contributed by atoms with E-state index in [1.54, 1.807) is 0 Å². The van der Waals surface area contributed by atoms with E-state index in [4.69, 9.17) is 36.8 Å². The van der Waals surface area contributed by atoms with Gasteiger partial charge >= 0.3 is 0 Å². The van der Waals surface area contributed by atoms with E-state index in [0.29, 0.717) is 7.05 Å². The first-order chi connectivity index (χ1) is 20.9. The minimum absolute atomic E-state index is 0.00585. The Hall–Kier alpha value is -2.91. The van der Waals surface area contributed by atoms with Crippen LogP contribution in [0, 0.1) is 17.2 Å². The molecule has 0 heterocycles. The maximum Gasteiger partial charge on any atom is 0.161 e. The Kier molecular flexibility index (Phi) is 4.91.